The van der Waals surface area contributed by atoms with Crippen LogP contribution in [0, 0.1) is 16.7 Å². The van der Waals surface area contributed by atoms with Crippen molar-refractivity contribution < 1.29 is 4.42 Å². The predicted octanol–water partition coefficient (Wildman–Crippen LogP) is 4.06. The highest BCUT2D eigenvalue weighted by Gasteiger charge is 2.62. The standard InChI is InChI=1S/C15H21ClN2O/c1-13-3-10-4-14(2,7-13)9-15(5-10,8-13)12-18-17-11(6-16)19-12/h10H,3-9H2,1-2H3. The normalized spacial score (nSPS) is 47.8. The molecule has 19 heavy (non-hydrogen) atoms. The lowest BCUT2D eigenvalue weighted by atomic mass is 9.40. The van der Waals surface area contributed by atoms with Crippen molar-refractivity contribution in [1.82, 2.24) is 10.2 Å². The Hall–Kier alpha value is -0.570. The summed E-state index contributed by atoms with van der Waals surface area (Å²) < 4.78 is 5.85. The molecule has 0 spiro atoms. The molecule has 4 fully saturated rings. The van der Waals surface area contributed by atoms with E-state index in [0.717, 1.165) is 11.8 Å². The maximum atomic E-state index is 5.85. The van der Waals surface area contributed by atoms with Gasteiger partial charge in [0.25, 0.3) is 0 Å². The lowest BCUT2D eigenvalue weighted by Gasteiger charge is -2.64. The second kappa shape index (κ2) is 3.55. The lowest BCUT2D eigenvalue weighted by Crippen LogP contribution is -2.57. The smallest absolute Gasteiger partial charge is 0.231 e. The second-order valence-corrected chi connectivity index (χ2v) is 8.31. The molecule has 0 aromatic carbocycles. The summed E-state index contributed by atoms with van der Waals surface area (Å²) in [6.07, 6.45) is 7.82. The topological polar surface area (TPSA) is 38.9 Å². The molecule has 5 rings (SSSR count). The van der Waals surface area contributed by atoms with E-state index in [1.165, 1.54) is 38.5 Å². The van der Waals surface area contributed by atoms with Crippen LogP contribution in [-0.2, 0) is 11.3 Å². The van der Waals surface area contributed by atoms with E-state index in [-0.39, 0.29) is 5.41 Å². The molecule has 4 bridgehead atoms. The average Bonchev–Trinajstić information content (AvgIpc) is 2.72. The fourth-order valence-electron chi connectivity index (χ4n) is 6.21. The van der Waals surface area contributed by atoms with Crippen molar-refractivity contribution in [2.45, 2.75) is 63.7 Å². The highest BCUT2D eigenvalue weighted by Crippen LogP contribution is 2.69. The number of halogens is 1. The van der Waals surface area contributed by atoms with Crippen LogP contribution in [0.1, 0.15) is 64.2 Å². The van der Waals surface area contributed by atoms with E-state index in [4.69, 9.17) is 16.0 Å². The van der Waals surface area contributed by atoms with Gasteiger partial charge in [-0.2, -0.15) is 0 Å². The summed E-state index contributed by atoms with van der Waals surface area (Å²) in [7, 11) is 0. The molecule has 2 atom stereocenters. The molecule has 4 heteroatoms. The van der Waals surface area contributed by atoms with Crippen molar-refractivity contribution in [1.29, 1.82) is 0 Å². The maximum absolute atomic E-state index is 5.85. The van der Waals surface area contributed by atoms with Gasteiger partial charge in [-0.25, -0.2) is 0 Å². The molecule has 1 heterocycles. The molecule has 0 saturated heterocycles. The average molecular weight is 281 g/mol. The molecule has 2 unspecified atom stereocenters. The van der Waals surface area contributed by atoms with E-state index in [9.17, 15) is 0 Å². The van der Waals surface area contributed by atoms with Crippen molar-refractivity contribution in [3.8, 4) is 0 Å². The predicted molar refractivity (Wildman–Crippen MR) is 72.9 cm³/mol. The Kier molecular flexibility index (Phi) is 2.27. The molecule has 4 saturated carbocycles. The molecule has 104 valence electrons. The minimum Gasteiger partial charge on any atom is -0.423 e. The monoisotopic (exact) mass is 280 g/mol. The Bertz CT molecular complexity index is 508. The molecule has 0 amide bonds. The van der Waals surface area contributed by atoms with Crippen LogP contribution in [0.4, 0.5) is 0 Å². The Morgan fingerprint density at radius 2 is 1.79 bits per heavy atom. The maximum Gasteiger partial charge on any atom is 0.231 e. The third-order valence-electron chi connectivity index (χ3n) is 5.66. The molecule has 0 N–H and O–H groups in total. The Balaban J connectivity index is 1.78. The zero-order valence-corrected chi connectivity index (χ0v) is 12.5. The summed E-state index contributed by atoms with van der Waals surface area (Å²) >= 11 is 5.81. The van der Waals surface area contributed by atoms with Gasteiger partial charge in [0.1, 0.15) is 5.88 Å². The zero-order chi connectivity index (χ0) is 13.3. The number of alkyl halides is 1. The van der Waals surface area contributed by atoms with E-state index in [2.05, 4.69) is 24.0 Å². The van der Waals surface area contributed by atoms with Crippen LogP contribution >= 0.6 is 11.6 Å². The van der Waals surface area contributed by atoms with Crippen LogP contribution in [0.2, 0.25) is 0 Å². The SMILES string of the molecule is CC12CC3CC(C)(C1)CC(c1nnc(CCl)o1)(C3)C2. The van der Waals surface area contributed by atoms with Crippen LogP contribution in [0.15, 0.2) is 4.42 Å². The first-order valence-corrected chi connectivity index (χ1v) is 7.87. The fraction of sp³-hybridized carbons (Fsp3) is 0.867. The Morgan fingerprint density at radius 3 is 2.32 bits per heavy atom. The molecule has 1 aromatic heterocycles. The minimum atomic E-state index is 0.139. The van der Waals surface area contributed by atoms with E-state index in [1.807, 2.05) is 0 Å². The zero-order valence-electron chi connectivity index (χ0n) is 11.7. The van der Waals surface area contributed by atoms with Gasteiger partial charge in [-0.05, 0) is 55.3 Å². The molecule has 0 aliphatic heterocycles. The molecular formula is C15H21ClN2O. The summed E-state index contributed by atoms with van der Waals surface area (Å²) in [6, 6.07) is 0. The van der Waals surface area contributed by atoms with E-state index >= 15 is 0 Å². The molecule has 3 nitrogen and oxygen atoms in total. The summed E-state index contributed by atoms with van der Waals surface area (Å²) in [4.78, 5) is 0. The molecule has 4 aliphatic carbocycles. The highest BCUT2D eigenvalue weighted by atomic mass is 35.5. The molecule has 1 aromatic rings. The van der Waals surface area contributed by atoms with Gasteiger partial charge < -0.3 is 4.42 Å². The van der Waals surface area contributed by atoms with Crippen LogP contribution in [0.5, 0.6) is 0 Å². The number of nitrogens with zero attached hydrogens (tertiary/aromatic N) is 2. The van der Waals surface area contributed by atoms with Gasteiger partial charge in [0, 0.05) is 5.41 Å². The van der Waals surface area contributed by atoms with Crippen molar-refractivity contribution in [3.05, 3.63) is 11.8 Å². The number of rotatable bonds is 2. The van der Waals surface area contributed by atoms with Gasteiger partial charge in [-0.15, -0.1) is 21.8 Å². The number of hydrogen-bond donors (Lipinski definition) is 0. The lowest BCUT2D eigenvalue weighted by molar-refractivity contribution is -0.117. The summed E-state index contributed by atoms with van der Waals surface area (Å²) in [6.45, 7) is 4.92. The molecular weight excluding hydrogens is 260 g/mol. The van der Waals surface area contributed by atoms with Crippen LogP contribution in [0.25, 0.3) is 0 Å². The van der Waals surface area contributed by atoms with Crippen LogP contribution in [0.3, 0.4) is 0 Å². The first-order valence-electron chi connectivity index (χ1n) is 7.33. The van der Waals surface area contributed by atoms with Gasteiger partial charge in [-0.3, -0.25) is 0 Å². The van der Waals surface area contributed by atoms with Crippen molar-refractivity contribution in [2.75, 3.05) is 0 Å². The largest absolute Gasteiger partial charge is 0.423 e. The Labute approximate surface area is 119 Å². The summed E-state index contributed by atoms with van der Waals surface area (Å²) in [5, 5.41) is 8.43. The van der Waals surface area contributed by atoms with Gasteiger partial charge in [0.05, 0.1) is 0 Å². The first kappa shape index (κ1) is 12.2. The van der Waals surface area contributed by atoms with Crippen molar-refractivity contribution in [2.24, 2.45) is 16.7 Å². The Morgan fingerprint density at radius 1 is 1.11 bits per heavy atom. The van der Waals surface area contributed by atoms with Gasteiger partial charge >= 0.3 is 0 Å². The van der Waals surface area contributed by atoms with Crippen LogP contribution < -0.4 is 0 Å². The second-order valence-electron chi connectivity index (χ2n) is 8.04. The highest BCUT2D eigenvalue weighted by molar-refractivity contribution is 6.16. The van der Waals surface area contributed by atoms with Gasteiger partial charge in [0.2, 0.25) is 11.8 Å². The number of aromatic nitrogens is 2. The van der Waals surface area contributed by atoms with E-state index < -0.39 is 0 Å². The van der Waals surface area contributed by atoms with Crippen molar-refractivity contribution >= 4 is 11.6 Å². The third-order valence-corrected chi connectivity index (χ3v) is 5.89. The van der Waals surface area contributed by atoms with E-state index in [0.29, 0.717) is 22.6 Å². The summed E-state index contributed by atoms with van der Waals surface area (Å²) in [5.74, 6) is 2.60. The van der Waals surface area contributed by atoms with Crippen molar-refractivity contribution in [3.63, 3.8) is 0 Å². The minimum absolute atomic E-state index is 0.139. The van der Waals surface area contributed by atoms with Gasteiger partial charge in [-0.1, -0.05) is 13.8 Å². The van der Waals surface area contributed by atoms with E-state index in [1.54, 1.807) is 0 Å². The first-order chi connectivity index (χ1) is 8.94. The fourth-order valence-corrected chi connectivity index (χ4v) is 6.32. The number of hydrogen-bond acceptors (Lipinski definition) is 3. The quantitative estimate of drug-likeness (QED) is 0.767. The molecule has 0 radical (unpaired) electrons. The third kappa shape index (κ3) is 1.70. The van der Waals surface area contributed by atoms with Gasteiger partial charge in [0.15, 0.2) is 0 Å². The summed E-state index contributed by atoms with van der Waals surface area (Å²) in [5.41, 5.74) is 1.09. The van der Waals surface area contributed by atoms with Crippen LogP contribution in [-0.4, -0.2) is 10.2 Å². The molecule has 4 aliphatic rings.